The Kier molecular flexibility index (Phi) is 7.21. The Labute approximate surface area is 192 Å². The highest BCUT2D eigenvalue weighted by Crippen LogP contribution is 2.27. The van der Waals surface area contributed by atoms with E-state index in [-0.39, 0.29) is 30.1 Å². The number of rotatable bonds is 7. The van der Waals surface area contributed by atoms with Crippen molar-refractivity contribution < 1.29 is 9.59 Å². The second kappa shape index (κ2) is 10.5. The SMILES string of the molecule is Cc1ccc([C@@H](C(=O)NC2CCCCC2)N(Cc2cccnc2)C(=O)c2csnn2)cc1. The highest BCUT2D eigenvalue weighted by atomic mass is 32.1. The van der Waals surface area contributed by atoms with Crippen molar-refractivity contribution in [2.24, 2.45) is 0 Å². The highest BCUT2D eigenvalue weighted by Gasteiger charge is 2.34. The molecule has 0 radical (unpaired) electrons. The van der Waals surface area contributed by atoms with Gasteiger partial charge in [-0.25, -0.2) is 0 Å². The summed E-state index contributed by atoms with van der Waals surface area (Å²) in [4.78, 5) is 32.9. The molecule has 1 N–H and O–H groups in total. The van der Waals surface area contributed by atoms with E-state index in [9.17, 15) is 9.59 Å². The average molecular weight is 450 g/mol. The van der Waals surface area contributed by atoms with Crippen molar-refractivity contribution in [2.75, 3.05) is 0 Å². The Bertz CT molecular complexity index is 1020. The van der Waals surface area contributed by atoms with Crippen LogP contribution < -0.4 is 5.32 Å². The molecule has 4 rings (SSSR count). The lowest BCUT2D eigenvalue weighted by molar-refractivity contribution is -0.127. The predicted octanol–water partition coefficient (Wildman–Crippen LogP) is 4.07. The number of benzene rings is 1. The van der Waals surface area contributed by atoms with Crippen LogP contribution in [0.2, 0.25) is 0 Å². The number of nitrogens with zero attached hydrogens (tertiary/aromatic N) is 4. The Hall–Kier alpha value is -3.13. The van der Waals surface area contributed by atoms with Crippen LogP contribution in [0.1, 0.15) is 65.3 Å². The Balaban J connectivity index is 1.71. The van der Waals surface area contributed by atoms with Crippen molar-refractivity contribution in [2.45, 2.75) is 57.7 Å². The van der Waals surface area contributed by atoms with Crippen LogP contribution >= 0.6 is 11.5 Å². The summed E-state index contributed by atoms with van der Waals surface area (Å²) < 4.78 is 3.85. The Morgan fingerprint density at radius 3 is 2.59 bits per heavy atom. The van der Waals surface area contributed by atoms with Gasteiger partial charge in [-0.1, -0.05) is 59.6 Å². The first kappa shape index (κ1) is 22.1. The Morgan fingerprint density at radius 1 is 1.16 bits per heavy atom. The maximum absolute atomic E-state index is 13.6. The maximum Gasteiger partial charge on any atom is 0.276 e. The minimum Gasteiger partial charge on any atom is -0.351 e. The van der Waals surface area contributed by atoms with E-state index in [1.807, 2.05) is 43.3 Å². The number of pyridine rings is 1. The molecule has 3 aromatic rings. The third kappa shape index (κ3) is 5.37. The highest BCUT2D eigenvalue weighted by molar-refractivity contribution is 7.03. The van der Waals surface area contributed by atoms with E-state index in [2.05, 4.69) is 19.9 Å². The molecule has 166 valence electrons. The largest absolute Gasteiger partial charge is 0.351 e. The number of amides is 2. The molecule has 32 heavy (non-hydrogen) atoms. The first-order valence-electron chi connectivity index (χ1n) is 11.0. The molecule has 0 spiro atoms. The maximum atomic E-state index is 13.6. The third-order valence-electron chi connectivity index (χ3n) is 5.82. The minimum atomic E-state index is -0.785. The predicted molar refractivity (Wildman–Crippen MR) is 123 cm³/mol. The van der Waals surface area contributed by atoms with Gasteiger partial charge in [0.25, 0.3) is 5.91 Å². The number of hydrogen-bond acceptors (Lipinski definition) is 6. The topological polar surface area (TPSA) is 88.1 Å². The van der Waals surface area contributed by atoms with Gasteiger partial charge in [0, 0.05) is 30.4 Å². The van der Waals surface area contributed by atoms with Gasteiger partial charge < -0.3 is 10.2 Å². The number of carbonyl (C=O) groups excluding carboxylic acids is 2. The van der Waals surface area contributed by atoms with Crippen molar-refractivity contribution in [3.05, 3.63) is 76.6 Å². The van der Waals surface area contributed by atoms with Crippen LogP contribution in [0, 0.1) is 6.92 Å². The molecule has 0 bridgehead atoms. The van der Waals surface area contributed by atoms with Crippen molar-refractivity contribution in [1.82, 2.24) is 24.8 Å². The Morgan fingerprint density at radius 2 is 1.94 bits per heavy atom. The number of aryl methyl sites for hydroxylation is 1. The van der Waals surface area contributed by atoms with Crippen LogP contribution in [-0.2, 0) is 11.3 Å². The van der Waals surface area contributed by atoms with Crippen LogP contribution in [0.25, 0.3) is 0 Å². The monoisotopic (exact) mass is 449 g/mol. The standard InChI is InChI=1S/C24H27N5O2S/c1-17-9-11-19(12-10-17)22(23(30)26-20-7-3-2-4-8-20)29(15-18-6-5-13-25-14-18)24(31)21-16-32-28-27-21/h5-6,9-14,16,20,22H,2-4,7-8,15H2,1H3,(H,26,30)/t22-/m0/s1. The lowest BCUT2D eigenvalue weighted by Gasteiger charge is -2.33. The number of hydrogen-bond donors (Lipinski definition) is 1. The normalized spacial score (nSPS) is 15.2. The van der Waals surface area contributed by atoms with Gasteiger partial charge in [0.05, 0.1) is 0 Å². The molecule has 1 fully saturated rings. The van der Waals surface area contributed by atoms with Crippen molar-refractivity contribution in [3.63, 3.8) is 0 Å². The molecular weight excluding hydrogens is 422 g/mol. The van der Waals surface area contributed by atoms with E-state index < -0.39 is 6.04 Å². The molecule has 0 saturated heterocycles. The summed E-state index contributed by atoms with van der Waals surface area (Å²) in [6.45, 7) is 2.24. The van der Waals surface area contributed by atoms with Crippen LogP contribution in [-0.4, -0.2) is 37.3 Å². The quantitative estimate of drug-likeness (QED) is 0.587. The van der Waals surface area contributed by atoms with Gasteiger partial charge in [-0.3, -0.25) is 14.6 Å². The molecule has 1 aliphatic carbocycles. The zero-order valence-corrected chi connectivity index (χ0v) is 18.9. The van der Waals surface area contributed by atoms with E-state index in [0.717, 1.165) is 53.9 Å². The van der Waals surface area contributed by atoms with E-state index in [1.165, 1.54) is 6.42 Å². The first-order valence-corrected chi connectivity index (χ1v) is 11.8. The lowest BCUT2D eigenvalue weighted by atomic mass is 9.94. The van der Waals surface area contributed by atoms with E-state index >= 15 is 0 Å². The fourth-order valence-corrected chi connectivity index (χ4v) is 4.55. The second-order valence-corrected chi connectivity index (χ2v) is 8.85. The summed E-state index contributed by atoms with van der Waals surface area (Å²) in [6, 6.07) is 10.9. The molecule has 1 aromatic carbocycles. The summed E-state index contributed by atoms with van der Waals surface area (Å²) in [5, 5.41) is 8.81. The van der Waals surface area contributed by atoms with Crippen molar-refractivity contribution in [3.8, 4) is 0 Å². The number of carbonyl (C=O) groups is 2. The summed E-state index contributed by atoms with van der Waals surface area (Å²) in [5.41, 5.74) is 2.94. The fourth-order valence-electron chi connectivity index (χ4n) is 4.12. The van der Waals surface area contributed by atoms with Crippen molar-refractivity contribution >= 4 is 23.3 Å². The molecular formula is C24H27N5O2S. The van der Waals surface area contributed by atoms with Gasteiger partial charge in [0.1, 0.15) is 6.04 Å². The van der Waals surface area contributed by atoms with E-state index in [0.29, 0.717) is 0 Å². The zero-order chi connectivity index (χ0) is 22.3. The van der Waals surface area contributed by atoms with Gasteiger partial charge in [0.2, 0.25) is 5.91 Å². The summed E-state index contributed by atoms with van der Waals surface area (Å²) >= 11 is 1.12. The number of aromatic nitrogens is 3. The molecule has 0 aliphatic heterocycles. The smallest absolute Gasteiger partial charge is 0.276 e. The molecule has 2 amide bonds. The van der Waals surface area contributed by atoms with E-state index in [4.69, 9.17) is 0 Å². The second-order valence-electron chi connectivity index (χ2n) is 8.24. The average Bonchev–Trinajstić information content (AvgIpc) is 3.36. The van der Waals surface area contributed by atoms with Gasteiger partial charge in [-0.15, -0.1) is 5.10 Å². The minimum absolute atomic E-state index is 0.139. The summed E-state index contributed by atoms with van der Waals surface area (Å²) in [6.07, 6.45) is 8.78. The molecule has 2 heterocycles. The first-order chi connectivity index (χ1) is 15.6. The molecule has 8 heteroatoms. The summed E-state index contributed by atoms with van der Waals surface area (Å²) in [5.74, 6) is -0.492. The van der Waals surface area contributed by atoms with Gasteiger partial charge in [-0.05, 0) is 48.5 Å². The third-order valence-corrected chi connectivity index (χ3v) is 6.32. The van der Waals surface area contributed by atoms with Gasteiger partial charge >= 0.3 is 0 Å². The zero-order valence-electron chi connectivity index (χ0n) is 18.1. The lowest BCUT2D eigenvalue weighted by Crippen LogP contribution is -2.47. The van der Waals surface area contributed by atoms with Crippen LogP contribution in [0.3, 0.4) is 0 Å². The van der Waals surface area contributed by atoms with Crippen LogP contribution in [0.4, 0.5) is 0 Å². The fraction of sp³-hybridized carbons (Fsp3) is 0.375. The van der Waals surface area contributed by atoms with Crippen LogP contribution in [0.5, 0.6) is 0 Å². The molecule has 1 saturated carbocycles. The molecule has 1 aliphatic rings. The molecule has 0 unspecified atom stereocenters. The van der Waals surface area contributed by atoms with E-state index in [1.54, 1.807) is 22.7 Å². The number of nitrogens with one attached hydrogen (secondary N) is 1. The molecule has 1 atom stereocenters. The van der Waals surface area contributed by atoms with Gasteiger partial charge in [-0.2, -0.15) is 0 Å². The molecule has 2 aromatic heterocycles. The summed E-state index contributed by atoms with van der Waals surface area (Å²) in [7, 11) is 0. The van der Waals surface area contributed by atoms with Crippen LogP contribution in [0.15, 0.2) is 54.2 Å². The molecule has 7 nitrogen and oxygen atoms in total. The van der Waals surface area contributed by atoms with Gasteiger partial charge in [0.15, 0.2) is 5.69 Å². The van der Waals surface area contributed by atoms with Crippen molar-refractivity contribution in [1.29, 1.82) is 0 Å².